The van der Waals surface area contributed by atoms with E-state index in [4.69, 9.17) is 9.47 Å². The topological polar surface area (TPSA) is 47.6 Å². The molecular weight excluding hydrogens is 194 g/mol. The Morgan fingerprint density at radius 3 is 2.53 bits per heavy atom. The van der Waals surface area contributed by atoms with E-state index in [0.717, 1.165) is 32.4 Å². The van der Waals surface area contributed by atoms with E-state index in [1.54, 1.807) is 7.11 Å². The Kier molecular flexibility index (Phi) is 5.05. The molecule has 88 valence electrons. The molecule has 1 N–H and O–H groups in total. The van der Waals surface area contributed by atoms with Gasteiger partial charge in [0.1, 0.15) is 6.61 Å². The smallest absolute Gasteiger partial charge is 0.312 e. The van der Waals surface area contributed by atoms with Gasteiger partial charge < -0.3 is 14.8 Å². The molecule has 4 heteroatoms. The minimum absolute atomic E-state index is 0.0523. The van der Waals surface area contributed by atoms with Crippen LogP contribution in [0.2, 0.25) is 0 Å². The van der Waals surface area contributed by atoms with Crippen molar-refractivity contribution in [3.8, 4) is 0 Å². The Hall–Kier alpha value is -0.610. The van der Waals surface area contributed by atoms with E-state index < -0.39 is 0 Å². The standard InChI is InChI=1S/C11H21NO3/c1-3-11(4-6-12-7-5-11)10(13)15-9-8-14-2/h12H,3-9H2,1-2H3. The van der Waals surface area contributed by atoms with Gasteiger partial charge in [-0.25, -0.2) is 0 Å². The summed E-state index contributed by atoms with van der Waals surface area (Å²) >= 11 is 0. The van der Waals surface area contributed by atoms with Crippen molar-refractivity contribution in [3.05, 3.63) is 0 Å². The van der Waals surface area contributed by atoms with Gasteiger partial charge in [0.2, 0.25) is 0 Å². The fourth-order valence-corrected chi connectivity index (χ4v) is 1.98. The molecule has 0 saturated carbocycles. The van der Waals surface area contributed by atoms with Gasteiger partial charge in [0, 0.05) is 7.11 Å². The van der Waals surface area contributed by atoms with Crippen molar-refractivity contribution >= 4 is 5.97 Å². The van der Waals surface area contributed by atoms with Crippen LogP contribution in [-0.2, 0) is 14.3 Å². The lowest BCUT2D eigenvalue weighted by molar-refractivity contribution is -0.159. The first-order valence-electron chi connectivity index (χ1n) is 5.62. The molecule has 0 atom stereocenters. The zero-order chi connectivity index (χ0) is 11.1. The molecular formula is C11H21NO3. The summed E-state index contributed by atoms with van der Waals surface area (Å²) in [5.74, 6) is -0.0523. The highest BCUT2D eigenvalue weighted by Gasteiger charge is 2.39. The average Bonchev–Trinajstić information content (AvgIpc) is 2.30. The Labute approximate surface area is 91.3 Å². The highest BCUT2D eigenvalue weighted by Crippen LogP contribution is 2.33. The number of hydrogen-bond acceptors (Lipinski definition) is 4. The Bertz CT molecular complexity index is 200. The number of esters is 1. The van der Waals surface area contributed by atoms with Gasteiger partial charge >= 0.3 is 5.97 Å². The molecule has 0 spiro atoms. The first-order valence-corrected chi connectivity index (χ1v) is 5.62. The van der Waals surface area contributed by atoms with Crippen molar-refractivity contribution in [3.63, 3.8) is 0 Å². The Morgan fingerprint density at radius 2 is 2.00 bits per heavy atom. The van der Waals surface area contributed by atoms with Gasteiger partial charge in [-0.2, -0.15) is 0 Å². The number of ether oxygens (including phenoxy) is 2. The van der Waals surface area contributed by atoms with E-state index in [9.17, 15) is 4.79 Å². The summed E-state index contributed by atoms with van der Waals surface area (Å²) in [6, 6.07) is 0. The quantitative estimate of drug-likeness (QED) is 0.548. The highest BCUT2D eigenvalue weighted by molar-refractivity contribution is 5.77. The third-order valence-corrected chi connectivity index (χ3v) is 3.19. The highest BCUT2D eigenvalue weighted by atomic mass is 16.6. The number of hydrogen-bond donors (Lipinski definition) is 1. The van der Waals surface area contributed by atoms with Crippen molar-refractivity contribution in [1.29, 1.82) is 0 Å². The normalized spacial score (nSPS) is 19.9. The first kappa shape index (κ1) is 12.5. The van der Waals surface area contributed by atoms with Crippen LogP contribution in [0.1, 0.15) is 26.2 Å². The number of carbonyl (C=O) groups excluding carboxylic acids is 1. The summed E-state index contributed by atoms with van der Waals surface area (Å²) in [5, 5.41) is 3.26. The van der Waals surface area contributed by atoms with Crippen LogP contribution in [0.25, 0.3) is 0 Å². The van der Waals surface area contributed by atoms with E-state index >= 15 is 0 Å². The third kappa shape index (κ3) is 3.18. The summed E-state index contributed by atoms with van der Waals surface area (Å²) in [7, 11) is 1.61. The molecule has 1 saturated heterocycles. The number of rotatable bonds is 5. The molecule has 1 rings (SSSR count). The lowest BCUT2D eigenvalue weighted by atomic mass is 9.77. The molecule has 0 aromatic carbocycles. The fraction of sp³-hybridized carbons (Fsp3) is 0.909. The summed E-state index contributed by atoms with van der Waals surface area (Å²) in [4.78, 5) is 11.9. The number of piperidine rings is 1. The molecule has 0 aromatic heterocycles. The number of methoxy groups -OCH3 is 1. The van der Waals surface area contributed by atoms with Gasteiger partial charge in [0.05, 0.1) is 12.0 Å². The molecule has 15 heavy (non-hydrogen) atoms. The molecule has 0 amide bonds. The number of carbonyl (C=O) groups is 1. The van der Waals surface area contributed by atoms with Gasteiger partial charge in [0.15, 0.2) is 0 Å². The molecule has 1 aliphatic rings. The first-order chi connectivity index (χ1) is 7.25. The SMILES string of the molecule is CCC1(C(=O)OCCOC)CCNCC1. The van der Waals surface area contributed by atoms with E-state index in [1.807, 2.05) is 0 Å². The molecule has 0 bridgehead atoms. The van der Waals surface area contributed by atoms with Crippen LogP contribution in [0.5, 0.6) is 0 Å². The van der Waals surface area contributed by atoms with Gasteiger partial charge in [-0.15, -0.1) is 0 Å². The zero-order valence-corrected chi connectivity index (χ0v) is 9.67. The molecule has 0 aliphatic carbocycles. The predicted molar refractivity (Wildman–Crippen MR) is 57.7 cm³/mol. The maximum atomic E-state index is 11.9. The maximum Gasteiger partial charge on any atom is 0.312 e. The molecule has 0 radical (unpaired) electrons. The summed E-state index contributed by atoms with van der Waals surface area (Å²) in [5.41, 5.74) is -0.251. The fourth-order valence-electron chi connectivity index (χ4n) is 1.98. The minimum Gasteiger partial charge on any atom is -0.463 e. The van der Waals surface area contributed by atoms with E-state index in [1.165, 1.54) is 0 Å². The Morgan fingerprint density at radius 1 is 1.33 bits per heavy atom. The van der Waals surface area contributed by atoms with Crippen molar-refractivity contribution in [2.45, 2.75) is 26.2 Å². The molecule has 0 unspecified atom stereocenters. The maximum absolute atomic E-state index is 11.9. The molecule has 0 aromatic rings. The largest absolute Gasteiger partial charge is 0.463 e. The van der Waals surface area contributed by atoms with Crippen molar-refractivity contribution in [2.24, 2.45) is 5.41 Å². The van der Waals surface area contributed by atoms with Crippen molar-refractivity contribution in [2.75, 3.05) is 33.4 Å². The van der Waals surface area contributed by atoms with E-state index in [2.05, 4.69) is 12.2 Å². The van der Waals surface area contributed by atoms with Gasteiger partial charge in [-0.1, -0.05) is 6.92 Å². The van der Waals surface area contributed by atoms with Crippen LogP contribution in [0.15, 0.2) is 0 Å². The van der Waals surface area contributed by atoms with Crippen LogP contribution >= 0.6 is 0 Å². The molecule has 4 nitrogen and oxygen atoms in total. The van der Waals surface area contributed by atoms with Crippen LogP contribution in [-0.4, -0.2) is 39.4 Å². The summed E-state index contributed by atoms with van der Waals surface area (Å²) in [6.07, 6.45) is 2.63. The summed E-state index contributed by atoms with van der Waals surface area (Å²) < 4.78 is 10.1. The molecule has 1 aliphatic heterocycles. The second kappa shape index (κ2) is 6.08. The number of nitrogens with one attached hydrogen (secondary N) is 1. The van der Waals surface area contributed by atoms with Gasteiger partial charge in [-0.3, -0.25) is 4.79 Å². The lowest BCUT2D eigenvalue weighted by Crippen LogP contribution is -2.43. The van der Waals surface area contributed by atoms with Crippen LogP contribution in [0.3, 0.4) is 0 Å². The van der Waals surface area contributed by atoms with Crippen LogP contribution < -0.4 is 5.32 Å². The predicted octanol–water partition coefficient (Wildman–Crippen LogP) is 0.956. The van der Waals surface area contributed by atoms with Gasteiger partial charge in [-0.05, 0) is 32.4 Å². The zero-order valence-electron chi connectivity index (χ0n) is 9.67. The monoisotopic (exact) mass is 215 g/mol. The second-order valence-electron chi connectivity index (χ2n) is 4.01. The average molecular weight is 215 g/mol. The van der Waals surface area contributed by atoms with E-state index in [-0.39, 0.29) is 11.4 Å². The van der Waals surface area contributed by atoms with Crippen LogP contribution in [0.4, 0.5) is 0 Å². The summed E-state index contributed by atoms with van der Waals surface area (Å²) in [6.45, 7) is 4.72. The Balaban J connectivity index is 2.45. The molecule has 1 heterocycles. The minimum atomic E-state index is -0.251. The third-order valence-electron chi connectivity index (χ3n) is 3.19. The molecule has 1 fully saturated rings. The van der Waals surface area contributed by atoms with Crippen molar-refractivity contribution in [1.82, 2.24) is 5.32 Å². The van der Waals surface area contributed by atoms with Crippen molar-refractivity contribution < 1.29 is 14.3 Å². The second-order valence-corrected chi connectivity index (χ2v) is 4.01. The van der Waals surface area contributed by atoms with E-state index in [0.29, 0.717) is 13.2 Å². The van der Waals surface area contributed by atoms with Gasteiger partial charge in [0.25, 0.3) is 0 Å². The lowest BCUT2D eigenvalue weighted by Gasteiger charge is -2.34. The van der Waals surface area contributed by atoms with Crippen LogP contribution in [0, 0.1) is 5.41 Å².